The molecule has 1 heterocycles. The Morgan fingerprint density at radius 3 is 2.48 bits per heavy atom. The van der Waals surface area contributed by atoms with Gasteiger partial charge in [-0.3, -0.25) is 0 Å². The molecule has 4 heteroatoms. The van der Waals surface area contributed by atoms with E-state index in [4.69, 9.17) is 14.2 Å². The lowest BCUT2D eigenvalue weighted by Crippen LogP contribution is -2.21. The highest BCUT2D eigenvalue weighted by Crippen LogP contribution is 2.36. The van der Waals surface area contributed by atoms with Crippen molar-refractivity contribution in [1.29, 1.82) is 0 Å². The number of benzene rings is 2. The topological polar surface area (TPSA) is 39.7 Å². The fourth-order valence-electron chi connectivity index (χ4n) is 2.07. The maximum Gasteiger partial charge on any atom is 0.231 e. The van der Waals surface area contributed by atoms with Gasteiger partial charge in [0.15, 0.2) is 11.5 Å². The molecule has 0 unspecified atom stereocenters. The Morgan fingerprint density at radius 1 is 1.00 bits per heavy atom. The predicted octanol–water partition coefficient (Wildman–Crippen LogP) is 3.71. The number of hydrogen-bond donors (Lipinski definition) is 1. The summed E-state index contributed by atoms with van der Waals surface area (Å²) in [4.78, 5) is 0. The van der Waals surface area contributed by atoms with Crippen molar-refractivity contribution in [3.8, 4) is 23.0 Å². The summed E-state index contributed by atoms with van der Waals surface area (Å²) < 4.78 is 16.4. The zero-order valence-corrected chi connectivity index (χ0v) is 12.3. The van der Waals surface area contributed by atoms with Gasteiger partial charge in [0, 0.05) is 18.7 Å². The van der Waals surface area contributed by atoms with Crippen LogP contribution in [0.4, 0.5) is 0 Å². The molecule has 0 spiro atoms. The van der Waals surface area contributed by atoms with Gasteiger partial charge in [-0.15, -0.1) is 0 Å². The highest BCUT2D eigenvalue weighted by Gasteiger charge is 2.13. The van der Waals surface area contributed by atoms with Crippen LogP contribution in [0, 0.1) is 0 Å². The molecule has 0 atom stereocenters. The van der Waals surface area contributed by atoms with Crippen molar-refractivity contribution in [3.05, 3.63) is 48.0 Å². The summed E-state index contributed by atoms with van der Waals surface area (Å²) in [6.45, 7) is 5.41. The quantitative estimate of drug-likeness (QED) is 0.909. The average Bonchev–Trinajstić information content (AvgIpc) is 2.94. The van der Waals surface area contributed by atoms with Crippen LogP contribution in [0.5, 0.6) is 23.0 Å². The molecule has 110 valence electrons. The molecule has 1 aliphatic heterocycles. The first-order valence-corrected chi connectivity index (χ1v) is 7.10. The fourth-order valence-corrected chi connectivity index (χ4v) is 2.07. The normalized spacial score (nSPS) is 12.7. The van der Waals surface area contributed by atoms with E-state index in [1.165, 1.54) is 5.56 Å². The molecule has 0 aromatic heterocycles. The van der Waals surface area contributed by atoms with Crippen LogP contribution in [-0.2, 0) is 6.54 Å². The molecule has 4 nitrogen and oxygen atoms in total. The van der Waals surface area contributed by atoms with Crippen molar-refractivity contribution in [2.45, 2.75) is 26.4 Å². The van der Waals surface area contributed by atoms with Gasteiger partial charge in [0.25, 0.3) is 0 Å². The summed E-state index contributed by atoms with van der Waals surface area (Å²) in [5.41, 5.74) is 1.24. The van der Waals surface area contributed by atoms with Crippen LogP contribution < -0.4 is 19.5 Å². The van der Waals surface area contributed by atoms with Crippen LogP contribution in [0.15, 0.2) is 42.5 Å². The zero-order chi connectivity index (χ0) is 14.7. The Hall–Kier alpha value is -2.20. The van der Waals surface area contributed by atoms with Crippen LogP contribution >= 0.6 is 0 Å². The molecule has 0 saturated heterocycles. The van der Waals surface area contributed by atoms with E-state index < -0.39 is 0 Å². The highest BCUT2D eigenvalue weighted by molar-refractivity contribution is 5.48. The standard InChI is InChI=1S/C17H19NO3/c1-12(2)18-10-13-3-5-14(6-4-13)21-15-7-8-16-17(9-15)20-11-19-16/h3-9,12,18H,10-11H2,1-2H3. The molecule has 0 amide bonds. The van der Waals surface area contributed by atoms with Crippen LogP contribution in [-0.4, -0.2) is 12.8 Å². The molecule has 1 aliphatic rings. The fraction of sp³-hybridized carbons (Fsp3) is 0.294. The van der Waals surface area contributed by atoms with Crippen molar-refractivity contribution in [2.24, 2.45) is 0 Å². The summed E-state index contributed by atoms with van der Waals surface area (Å²) >= 11 is 0. The van der Waals surface area contributed by atoms with E-state index in [2.05, 4.69) is 31.3 Å². The molecular formula is C17H19NO3. The smallest absolute Gasteiger partial charge is 0.231 e. The second-order valence-electron chi connectivity index (χ2n) is 5.30. The molecule has 0 fully saturated rings. The van der Waals surface area contributed by atoms with E-state index in [0.717, 1.165) is 29.5 Å². The monoisotopic (exact) mass is 285 g/mol. The Bertz CT molecular complexity index is 608. The van der Waals surface area contributed by atoms with Crippen molar-refractivity contribution >= 4 is 0 Å². The first kappa shape index (κ1) is 13.8. The van der Waals surface area contributed by atoms with E-state index in [1.54, 1.807) is 0 Å². The lowest BCUT2D eigenvalue weighted by molar-refractivity contribution is 0.174. The molecule has 0 saturated carbocycles. The van der Waals surface area contributed by atoms with E-state index in [1.807, 2.05) is 30.3 Å². The summed E-state index contributed by atoms with van der Waals surface area (Å²) in [5.74, 6) is 3.04. The molecule has 21 heavy (non-hydrogen) atoms. The van der Waals surface area contributed by atoms with Gasteiger partial charge in [0.2, 0.25) is 6.79 Å². The molecule has 2 aromatic carbocycles. The van der Waals surface area contributed by atoms with Gasteiger partial charge in [-0.05, 0) is 29.8 Å². The van der Waals surface area contributed by atoms with Gasteiger partial charge in [-0.1, -0.05) is 26.0 Å². The van der Waals surface area contributed by atoms with Crippen molar-refractivity contribution in [2.75, 3.05) is 6.79 Å². The van der Waals surface area contributed by atoms with Gasteiger partial charge in [-0.25, -0.2) is 0 Å². The second kappa shape index (κ2) is 6.06. The zero-order valence-electron chi connectivity index (χ0n) is 12.3. The Morgan fingerprint density at radius 2 is 1.71 bits per heavy atom. The third kappa shape index (κ3) is 3.47. The lowest BCUT2D eigenvalue weighted by Gasteiger charge is -2.10. The minimum Gasteiger partial charge on any atom is -0.457 e. The van der Waals surface area contributed by atoms with Crippen LogP contribution in [0.2, 0.25) is 0 Å². The largest absolute Gasteiger partial charge is 0.457 e. The third-order valence-electron chi connectivity index (χ3n) is 3.22. The molecule has 0 aliphatic carbocycles. The third-order valence-corrected chi connectivity index (χ3v) is 3.22. The van der Waals surface area contributed by atoms with Crippen molar-refractivity contribution in [3.63, 3.8) is 0 Å². The molecular weight excluding hydrogens is 266 g/mol. The molecule has 2 aromatic rings. The minimum absolute atomic E-state index is 0.274. The van der Waals surface area contributed by atoms with E-state index >= 15 is 0 Å². The molecule has 3 rings (SSSR count). The SMILES string of the molecule is CC(C)NCc1ccc(Oc2ccc3c(c2)OCO3)cc1. The van der Waals surface area contributed by atoms with Gasteiger partial charge in [-0.2, -0.15) is 0 Å². The molecule has 0 bridgehead atoms. The number of nitrogens with one attached hydrogen (secondary N) is 1. The second-order valence-corrected chi connectivity index (χ2v) is 5.30. The lowest BCUT2D eigenvalue weighted by atomic mass is 10.2. The maximum absolute atomic E-state index is 5.83. The predicted molar refractivity (Wildman–Crippen MR) is 81.1 cm³/mol. The van der Waals surface area contributed by atoms with Gasteiger partial charge in [0.05, 0.1) is 0 Å². The summed E-state index contributed by atoms with van der Waals surface area (Å²) in [6.07, 6.45) is 0. The molecule has 1 N–H and O–H groups in total. The first-order valence-electron chi connectivity index (χ1n) is 7.10. The summed E-state index contributed by atoms with van der Waals surface area (Å²) in [5, 5.41) is 3.39. The first-order chi connectivity index (χ1) is 10.2. The number of fused-ring (bicyclic) bond motifs is 1. The van der Waals surface area contributed by atoms with Gasteiger partial charge >= 0.3 is 0 Å². The summed E-state index contributed by atoms with van der Waals surface area (Å²) in [6, 6.07) is 14.1. The molecule has 0 radical (unpaired) electrons. The van der Waals surface area contributed by atoms with E-state index in [9.17, 15) is 0 Å². The van der Waals surface area contributed by atoms with Crippen LogP contribution in [0.1, 0.15) is 19.4 Å². The maximum atomic E-state index is 5.83. The van der Waals surface area contributed by atoms with E-state index in [-0.39, 0.29) is 6.79 Å². The minimum atomic E-state index is 0.274. The number of hydrogen-bond acceptors (Lipinski definition) is 4. The number of ether oxygens (including phenoxy) is 3. The van der Waals surface area contributed by atoms with Crippen LogP contribution in [0.3, 0.4) is 0 Å². The Labute approximate surface area is 124 Å². The highest BCUT2D eigenvalue weighted by atomic mass is 16.7. The van der Waals surface area contributed by atoms with E-state index in [0.29, 0.717) is 6.04 Å². The van der Waals surface area contributed by atoms with Gasteiger partial charge in [0.1, 0.15) is 11.5 Å². The average molecular weight is 285 g/mol. The summed E-state index contributed by atoms with van der Waals surface area (Å²) in [7, 11) is 0. The van der Waals surface area contributed by atoms with Crippen molar-refractivity contribution in [1.82, 2.24) is 5.32 Å². The van der Waals surface area contributed by atoms with Crippen molar-refractivity contribution < 1.29 is 14.2 Å². The van der Waals surface area contributed by atoms with Gasteiger partial charge < -0.3 is 19.5 Å². The Kier molecular flexibility index (Phi) is 3.97. The number of rotatable bonds is 5. The Balaban J connectivity index is 1.65. The van der Waals surface area contributed by atoms with Crippen LogP contribution in [0.25, 0.3) is 0 Å².